The van der Waals surface area contributed by atoms with Gasteiger partial charge in [-0.3, -0.25) is 4.79 Å². The number of carbonyl (C=O) groups excluding carboxylic acids is 1. The first-order valence-electron chi connectivity index (χ1n) is 13.1. The Morgan fingerprint density at radius 1 is 1.07 bits per heavy atom. The number of ketones is 1. The molecule has 4 rings (SSSR count). The lowest BCUT2D eigenvalue weighted by molar-refractivity contribution is -0.186. The van der Waals surface area contributed by atoms with Gasteiger partial charge in [0, 0.05) is 5.92 Å². The molecule has 0 heterocycles. The molecule has 0 amide bonds. The van der Waals surface area contributed by atoms with Crippen LogP contribution in [0.4, 0.5) is 0 Å². The van der Waals surface area contributed by atoms with Crippen LogP contribution >= 0.6 is 15.9 Å². The number of Topliss-reactive ketones (excluding diaryl/α,β-unsaturated/α-hetero) is 1. The van der Waals surface area contributed by atoms with Crippen molar-refractivity contribution < 1.29 is 4.79 Å². The van der Waals surface area contributed by atoms with Crippen LogP contribution in [-0.4, -0.2) is 11.1 Å². The van der Waals surface area contributed by atoms with Crippen molar-refractivity contribution in [3.63, 3.8) is 0 Å². The minimum absolute atomic E-state index is 0.234. The van der Waals surface area contributed by atoms with E-state index < -0.39 is 0 Å². The highest BCUT2D eigenvalue weighted by molar-refractivity contribution is 9.09. The van der Waals surface area contributed by atoms with Gasteiger partial charge >= 0.3 is 0 Å². The molecule has 4 aliphatic rings. The fourth-order valence-electron chi connectivity index (χ4n) is 9.96. The van der Waals surface area contributed by atoms with Crippen LogP contribution in [-0.2, 0) is 4.79 Å². The predicted molar refractivity (Wildman–Crippen MR) is 131 cm³/mol. The standard InChI is InChI=1S/C28H45BrO/c1-5-14-27-16-12-21-22-9-7-8-10-24(25(30)19-29)26(22,4)15-13-23(21)28(27,6-2)17-11-20(3)18-27/h5,20-24H,1,6-19H2,2-4H3/t20-,21-,22?,23?,24-,26-,27+,28+/m0/s1. The normalized spacial score (nSPS) is 48.6. The van der Waals surface area contributed by atoms with Crippen molar-refractivity contribution >= 4 is 21.7 Å². The number of allylic oxidation sites excluding steroid dienone is 1. The van der Waals surface area contributed by atoms with Crippen LogP contribution in [0, 0.1) is 45.8 Å². The molecule has 4 fully saturated rings. The van der Waals surface area contributed by atoms with Crippen molar-refractivity contribution in [1.82, 2.24) is 0 Å². The molecule has 0 bridgehead atoms. The third-order valence-corrected chi connectivity index (χ3v) is 11.7. The number of hydrogen-bond acceptors (Lipinski definition) is 1. The molecular weight excluding hydrogens is 432 g/mol. The summed E-state index contributed by atoms with van der Waals surface area (Å²) in [6, 6.07) is 0. The van der Waals surface area contributed by atoms with Gasteiger partial charge in [0.05, 0.1) is 5.33 Å². The second-order valence-electron chi connectivity index (χ2n) is 12.0. The van der Waals surface area contributed by atoms with E-state index in [0.717, 1.165) is 30.1 Å². The number of rotatable bonds is 5. The summed E-state index contributed by atoms with van der Waals surface area (Å²) in [6.45, 7) is 11.8. The lowest BCUT2D eigenvalue weighted by Gasteiger charge is -2.68. The molecule has 0 aromatic rings. The lowest BCUT2D eigenvalue weighted by Crippen LogP contribution is -2.60. The lowest BCUT2D eigenvalue weighted by atomic mass is 9.37. The van der Waals surface area contributed by atoms with Gasteiger partial charge in [0.2, 0.25) is 0 Å². The van der Waals surface area contributed by atoms with E-state index in [9.17, 15) is 4.79 Å². The second-order valence-corrected chi connectivity index (χ2v) is 12.6. The molecule has 4 saturated carbocycles. The Bertz CT molecular complexity index is 657. The zero-order chi connectivity index (χ0) is 21.6. The number of carbonyl (C=O) groups is 1. The van der Waals surface area contributed by atoms with Gasteiger partial charge in [-0.1, -0.05) is 62.0 Å². The van der Waals surface area contributed by atoms with E-state index in [2.05, 4.69) is 49.4 Å². The van der Waals surface area contributed by atoms with Gasteiger partial charge in [0.1, 0.15) is 5.78 Å². The Morgan fingerprint density at radius 3 is 2.53 bits per heavy atom. The molecule has 0 aromatic heterocycles. The highest BCUT2D eigenvalue weighted by atomic mass is 79.9. The molecule has 0 saturated heterocycles. The smallest absolute Gasteiger partial charge is 0.147 e. The van der Waals surface area contributed by atoms with Crippen molar-refractivity contribution in [2.45, 2.75) is 104 Å². The van der Waals surface area contributed by atoms with Gasteiger partial charge in [0.25, 0.3) is 0 Å². The van der Waals surface area contributed by atoms with Crippen molar-refractivity contribution in [2.24, 2.45) is 45.8 Å². The average molecular weight is 478 g/mol. The first-order valence-corrected chi connectivity index (χ1v) is 14.2. The minimum Gasteiger partial charge on any atom is -0.298 e. The highest BCUT2D eigenvalue weighted by Gasteiger charge is 2.64. The van der Waals surface area contributed by atoms with E-state index in [1.165, 1.54) is 77.0 Å². The Kier molecular flexibility index (Phi) is 6.67. The van der Waals surface area contributed by atoms with Gasteiger partial charge < -0.3 is 0 Å². The van der Waals surface area contributed by atoms with E-state index >= 15 is 0 Å². The quantitative estimate of drug-likeness (QED) is 0.287. The van der Waals surface area contributed by atoms with Crippen LogP contribution < -0.4 is 0 Å². The zero-order valence-corrected chi connectivity index (χ0v) is 21.4. The maximum atomic E-state index is 13.0. The molecule has 2 unspecified atom stereocenters. The number of fused-ring (bicyclic) bond motifs is 5. The monoisotopic (exact) mass is 476 g/mol. The van der Waals surface area contributed by atoms with Gasteiger partial charge in [0.15, 0.2) is 0 Å². The van der Waals surface area contributed by atoms with E-state index in [0.29, 0.717) is 21.9 Å². The van der Waals surface area contributed by atoms with Crippen molar-refractivity contribution in [2.75, 3.05) is 5.33 Å². The molecule has 0 N–H and O–H groups in total. The summed E-state index contributed by atoms with van der Waals surface area (Å²) in [5.41, 5.74) is 1.24. The SMILES string of the molecule is C=CC[C@]12CC[C@@H]3C(CC[C@@]4(C)C3CCCC[C@H]4C(=O)CBr)[C@@]1(CC)CC[C@H](C)C2. The van der Waals surface area contributed by atoms with Crippen LogP contribution in [0.15, 0.2) is 12.7 Å². The zero-order valence-electron chi connectivity index (χ0n) is 19.9. The maximum absolute atomic E-state index is 13.0. The van der Waals surface area contributed by atoms with Crippen LogP contribution in [0.5, 0.6) is 0 Å². The Hall–Kier alpha value is -0.110. The van der Waals surface area contributed by atoms with Crippen molar-refractivity contribution in [3.05, 3.63) is 12.7 Å². The fraction of sp³-hybridized carbons (Fsp3) is 0.893. The molecule has 30 heavy (non-hydrogen) atoms. The molecule has 0 radical (unpaired) electrons. The Morgan fingerprint density at radius 2 is 1.83 bits per heavy atom. The molecule has 0 spiro atoms. The first-order chi connectivity index (χ1) is 14.4. The summed E-state index contributed by atoms with van der Waals surface area (Å²) >= 11 is 3.52. The molecule has 0 aromatic carbocycles. The third-order valence-electron chi connectivity index (χ3n) is 11.2. The van der Waals surface area contributed by atoms with Crippen LogP contribution in [0.2, 0.25) is 0 Å². The molecule has 1 nitrogen and oxygen atoms in total. The second kappa shape index (κ2) is 8.68. The first kappa shape index (κ1) is 23.1. The van der Waals surface area contributed by atoms with Gasteiger partial charge in [-0.25, -0.2) is 0 Å². The number of halogens is 1. The van der Waals surface area contributed by atoms with Crippen molar-refractivity contribution in [3.8, 4) is 0 Å². The third kappa shape index (κ3) is 3.32. The Labute approximate surface area is 194 Å². The molecular formula is C28H45BrO. The van der Waals surface area contributed by atoms with Crippen LogP contribution in [0.1, 0.15) is 104 Å². The minimum atomic E-state index is 0.234. The molecule has 2 heteroatoms. The Balaban J connectivity index is 1.72. The number of hydrogen-bond donors (Lipinski definition) is 0. The number of alkyl halides is 1. The summed E-state index contributed by atoms with van der Waals surface area (Å²) in [5.74, 6) is 4.12. The van der Waals surface area contributed by atoms with E-state index in [1.807, 2.05) is 0 Å². The summed E-state index contributed by atoms with van der Waals surface area (Å²) in [6.07, 6.45) is 19.7. The highest BCUT2D eigenvalue weighted by Crippen LogP contribution is 2.72. The fourth-order valence-corrected chi connectivity index (χ4v) is 10.3. The summed E-state index contributed by atoms with van der Waals surface area (Å²) in [7, 11) is 0. The molecule has 170 valence electrons. The van der Waals surface area contributed by atoms with Gasteiger partial charge in [-0.05, 0) is 104 Å². The van der Waals surface area contributed by atoms with Gasteiger partial charge in [-0.2, -0.15) is 0 Å². The average Bonchev–Trinajstić information content (AvgIpc) is 2.91. The van der Waals surface area contributed by atoms with E-state index in [1.54, 1.807) is 0 Å². The van der Waals surface area contributed by atoms with Crippen LogP contribution in [0.3, 0.4) is 0 Å². The molecule has 0 aliphatic heterocycles. The molecule has 8 atom stereocenters. The largest absolute Gasteiger partial charge is 0.298 e. The summed E-state index contributed by atoms with van der Waals surface area (Å²) in [4.78, 5) is 13.0. The van der Waals surface area contributed by atoms with Crippen molar-refractivity contribution in [1.29, 1.82) is 0 Å². The topological polar surface area (TPSA) is 17.1 Å². The van der Waals surface area contributed by atoms with E-state index in [-0.39, 0.29) is 11.3 Å². The van der Waals surface area contributed by atoms with Crippen LogP contribution in [0.25, 0.3) is 0 Å². The molecule has 4 aliphatic carbocycles. The summed E-state index contributed by atoms with van der Waals surface area (Å²) < 4.78 is 0. The van der Waals surface area contributed by atoms with E-state index in [4.69, 9.17) is 0 Å². The predicted octanol–water partition coefficient (Wildman–Crippen LogP) is 8.36. The van der Waals surface area contributed by atoms with Gasteiger partial charge in [-0.15, -0.1) is 6.58 Å². The summed E-state index contributed by atoms with van der Waals surface area (Å²) in [5, 5.41) is 0.549. The maximum Gasteiger partial charge on any atom is 0.147 e.